The first-order valence-electron chi connectivity index (χ1n) is 12.4. The number of amides is 2. The zero-order valence-electron chi connectivity index (χ0n) is 22.0. The fourth-order valence-electron chi connectivity index (χ4n) is 4.33. The van der Waals surface area contributed by atoms with Crippen molar-refractivity contribution < 1.29 is 22.4 Å². The highest BCUT2D eigenvalue weighted by Crippen LogP contribution is 2.29. The molecule has 0 aromatic heterocycles. The summed E-state index contributed by atoms with van der Waals surface area (Å²) in [6.07, 6.45) is 2.29. The van der Waals surface area contributed by atoms with E-state index in [9.17, 15) is 18.0 Å². The van der Waals surface area contributed by atoms with E-state index in [-0.39, 0.29) is 33.8 Å². The van der Waals surface area contributed by atoms with Crippen LogP contribution in [0.1, 0.15) is 34.0 Å². The molecule has 12 heteroatoms. The molecule has 0 radical (unpaired) electrons. The quantitative estimate of drug-likeness (QED) is 0.163. The van der Waals surface area contributed by atoms with Crippen LogP contribution in [0.25, 0.3) is 11.1 Å². The maximum absolute atomic E-state index is 15.3. The summed E-state index contributed by atoms with van der Waals surface area (Å²) in [7, 11) is -4.16. The van der Waals surface area contributed by atoms with Crippen LogP contribution in [0.2, 0.25) is 0 Å². The highest BCUT2D eigenvalue weighted by molar-refractivity contribution is 7.92. The number of aliphatic imine (C=N–C) groups is 1. The smallest absolute Gasteiger partial charge is 0.261 e. The van der Waals surface area contributed by atoms with Gasteiger partial charge in [0, 0.05) is 28.9 Å². The molecule has 1 heterocycles. The number of alkyl halides is 1. The van der Waals surface area contributed by atoms with Crippen LogP contribution in [0.4, 0.5) is 15.8 Å². The van der Waals surface area contributed by atoms with Crippen molar-refractivity contribution in [2.45, 2.75) is 18.2 Å². The molecule has 2 amide bonds. The minimum absolute atomic E-state index is 0.109. The number of rotatable bonds is 9. The summed E-state index contributed by atoms with van der Waals surface area (Å²) in [5.41, 5.74) is 9.84. The third-order valence-electron chi connectivity index (χ3n) is 6.34. The summed E-state index contributed by atoms with van der Waals surface area (Å²) in [5, 5.41) is 5.33. The number of nitrogens with one attached hydrogen (secondary N) is 3. The molecule has 0 bridgehead atoms. The highest BCUT2D eigenvalue weighted by Gasteiger charge is 2.20. The van der Waals surface area contributed by atoms with Crippen LogP contribution >= 0.6 is 11.6 Å². The SMILES string of the molecule is C=N/C(N)=C(\C=C(/C)c1ccc(S(=O)(=O)Nc2cccc(NC(=O)CCl)c2)cc1F)c1ccc2c(c1)CCNC2=O. The topological polar surface area (TPSA) is 143 Å². The van der Waals surface area contributed by atoms with Gasteiger partial charge in [-0.3, -0.25) is 14.3 Å². The molecule has 0 aliphatic carbocycles. The van der Waals surface area contributed by atoms with Crippen LogP contribution in [-0.2, 0) is 21.2 Å². The number of fused-ring (bicyclic) bond motifs is 1. The Morgan fingerprint density at radius 1 is 1.17 bits per heavy atom. The molecule has 5 N–H and O–H groups in total. The Bertz CT molecular complexity index is 1720. The number of benzene rings is 3. The second-order valence-corrected chi connectivity index (χ2v) is 11.1. The molecule has 3 aromatic rings. The Balaban J connectivity index is 1.62. The molecule has 0 spiro atoms. The minimum atomic E-state index is -4.16. The fourth-order valence-corrected chi connectivity index (χ4v) is 5.46. The summed E-state index contributed by atoms with van der Waals surface area (Å²) < 4.78 is 43.6. The lowest BCUT2D eigenvalue weighted by molar-refractivity contribution is -0.113. The number of carbonyl (C=O) groups excluding carboxylic acids is 2. The second kappa shape index (κ2) is 12.4. The van der Waals surface area contributed by atoms with E-state index in [1.807, 2.05) is 6.07 Å². The van der Waals surface area contributed by atoms with Gasteiger partial charge in [0.1, 0.15) is 17.5 Å². The second-order valence-electron chi connectivity index (χ2n) is 9.17. The molecule has 3 aromatic carbocycles. The fraction of sp³-hybridized carbons (Fsp3) is 0.138. The van der Waals surface area contributed by atoms with Crippen molar-refractivity contribution >= 4 is 62.7 Å². The number of halogens is 2. The Labute approximate surface area is 242 Å². The number of nitrogens with zero attached hydrogens (tertiary/aromatic N) is 1. The Hall–Kier alpha value is -4.48. The van der Waals surface area contributed by atoms with Crippen LogP contribution in [0.5, 0.6) is 0 Å². The zero-order valence-corrected chi connectivity index (χ0v) is 23.6. The number of anilines is 2. The van der Waals surface area contributed by atoms with Gasteiger partial charge in [-0.1, -0.05) is 24.3 Å². The summed E-state index contributed by atoms with van der Waals surface area (Å²) in [6, 6.07) is 14.9. The summed E-state index contributed by atoms with van der Waals surface area (Å²) >= 11 is 5.50. The number of carbonyl (C=O) groups is 2. The zero-order chi connectivity index (χ0) is 29.7. The van der Waals surface area contributed by atoms with Crippen LogP contribution in [-0.4, -0.2) is 39.4 Å². The molecular formula is C29H27ClFN5O4S. The molecule has 0 saturated heterocycles. The number of hydrogen-bond donors (Lipinski definition) is 4. The van der Waals surface area contributed by atoms with E-state index < -0.39 is 21.7 Å². The third-order valence-corrected chi connectivity index (χ3v) is 7.97. The van der Waals surface area contributed by atoms with Gasteiger partial charge in [0.05, 0.1) is 10.6 Å². The number of hydrogen-bond acceptors (Lipinski definition) is 6. The van der Waals surface area contributed by atoms with Crippen molar-refractivity contribution in [2.75, 3.05) is 22.5 Å². The lowest BCUT2D eigenvalue weighted by Gasteiger charge is -2.18. The van der Waals surface area contributed by atoms with Crippen molar-refractivity contribution in [3.63, 3.8) is 0 Å². The predicted molar refractivity (Wildman–Crippen MR) is 160 cm³/mol. The van der Waals surface area contributed by atoms with E-state index in [0.29, 0.717) is 40.9 Å². The van der Waals surface area contributed by atoms with Crippen molar-refractivity contribution in [1.82, 2.24) is 5.32 Å². The first-order valence-corrected chi connectivity index (χ1v) is 14.4. The lowest BCUT2D eigenvalue weighted by Crippen LogP contribution is -2.31. The van der Waals surface area contributed by atoms with Crippen LogP contribution in [0.3, 0.4) is 0 Å². The van der Waals surface area contributed by atoms with E-state index in [1.54, 1.807) is 37.3 Å². The first kappa shape index (κ1) is 29.5. The summed E-state index contributed by atoms with van der Waals surface area (Å²) in [4.78, 5) is 27.2. The molecule has 0 unspecified atom stereocenters. The van der Waals surface area contributed by atoms with Crippen LogP contribution < -0.4 is 21.1 Å². The van der Waals surface area contributed by atoms with Gasteiger partial charge in [0.25, 0.3) is 15.9 Å². The van der Waals surface area contributed by atoms with Crippen molar-refractivity contribution in [2.24, 2.45) is 10.7 Å². The van der Waals surface area contributed by atoms with Gasteiger partial charge >= 0.3 is 0 Å². The third kappa shape index (κ3) is 6.82. The van der Waals surface area contributed by atoms with Gasteiger partial charge in [0.2, 0.25) is 5.91 Å². The molecule has 1 aliphatic rings. The van der Waals surface area contributed by atoms with Gasteiger partial charge in [-0.25, -0.2) is 17.8 Å². The van der Waals surface area contributed by atoms with Gasteiger partial charge < -0.3 is 16.4 Å². The minimum Gasteiger partial charge on any atom is -0.383 e. The van der Waals surface area contributed by atoms with Crippen LogP contribution in [0.15, 0.2) is 82.4 Å². The Morgan fingerprint density at radius 2 is 1.93 bits per heavy atom. The Kier molecular flexibility index (Phi) is 8.89. The molecular weight excluding hydrogens is 569 g/mol. The maximum atomic E-state index is 15.3. The average Bonchev–Trinajstić information content (AvgIpc) is 2.95. The van der Waals surface area contributed by atoms with Crippen LogP contribution in [0, 0.1) is 5.82 Å². The monoisotopic (exact) mass is 595 g/mol. The van der Waals surface area contributed by atoms with Crippen molar-refractivity contribution in [3.05, 3.63) is 101 Å². The number of sulfonamides is 1. The number of allylic oxidation sites excluding steroid dienone is 3. The first-order chi connectivity index (χ1) is 19.5. The molecule has 41 heavy (non-hydrogen) atoms. The van der Waals surface area contributed by atoms with E-state index in [2.05, 4.69) is 27.1 Å². The molecule has 1 aliphatic heterocycles. The van der Waals surface area contributed by atoms with E-state index in [0.717, 1.165) is 11.6 Å². The molecule has 4 rings (SSSR count). The van der Waals surface area contributed by atoms with E-state index in [1.165, 1.54) is 24.3 Å². The van der Waals surface area contributed by atoms with E-state index in [4.69, 9.17) is 17.3 Å². The van der Waals surface area contributed by atoms with E-state index >= 15 is 4.39 Å². The summed E-state index contributed by atoms with van der Waals surface area (Å²) in [5.74, 6) is -1.51. The predicted octanol–water partition coefficient (Wildman–Crippen LogP) is 4.52. The average molecular weight is 596 g/mol. The molecule has 0 fully saturated rings. The molecule has 212 valence electrons. The van der Waals surface area contributed by atoms with Crippen molar-refractivity contribution in [3.8, 4) is 0 Å². The van der Waals surface area contributed by atoms with Gasteiger partial charge in [-0.2, -0.15) is 0 Å². The highest BCUT2D eigenvalue weighted by atomic mass is 35.5. The molecule has 0 atom stereocenters. The van der Waals surface area contributed by atoms with Crippen molar-refractivity contribution in [1.29, 1.82) is 0 Å². The van der Waals surface area contributed by atoms with Gasteiger partial charge in [-0.15, -0.1) is 11.6 Å². The molecule has 9 nitrogen and oxygen atoms in total. The normalized spacial score (nSPS) is 13.9. The standard InChI is InChI=1S/C29H27ClFN5O4S/c1-17(12-25(28(32)33-2)18-6-8-24-19(13-18)10-11-34-29(24)38)23-9-7-22(15-26(23)31)41(39,40)36-21-5-3-4-20(14-21)35-27(37)16-30/h3-9,12-15,36H,2,10-11,16,32H2,1H3,(H,34,38)(H,35,37)/b17-12+,28-25+. The maximum Gasteiger partial charge on any atom is 0.261 e. The largest absolute Gasteiger partial charge is 0.383 e. The lowest BCUT2D eigenvalue weighted by atomic mass is 9.93. The summed E-state index contributed by atoms with van der Waals surface area (Å²) in [6.45, 7) is 5.68. The number of nitrogens with two attached hydrogens (primary N) is 1. The molecule has 0 saturated carbocycles. The van der Waals surface area contributed by atoms with Gasteiger partial charge in [-0.05, 0) is 79.2 Å². The Morgan fingerprint density at radius 3 is 2.63 bits per heavy atom. The van der Waals surface area contributed by atoms with Gasteiger partial charge in [0.15, 0.2) is 0 Å².